The average molecular weight is 354 g/mol. The number of anilines is 1. The number of hydrogen-bond acceptors (Lipinski definition) is 4. The maximum atomic E-state index is 13.4. The Kier molecular flexibility index (Phi) is 3.66. The van der Waals surface area contributed by atoms with E-state index in [1.54, 1.807) is 30.3 Å². The van der Waals surface area contributed by atoms with Crippen LogP contribution in [0.3, 0.4) is 0 Å². The summed E-state index contributed by atoms with van der Waals surface area (Å²) in [6.45, 7) is 0. The number of nitrogen functional groups attached to an aromatic ring is 1. The molecule has 0 aliphatic rings. The molecule has 0 spiro atoms. The fraction of sp³-hybridized carbons (Fsp3) is 0.0667. The summed E-state index contributed by atoms with van der Waals surface area (Å²) in [5.41, 5.74) is 5.24. The molecule has 116 valence electrons. The van der Waals surface area contributed by atoms with Crippen LogP contribution in [-0.2, 0) is 6.18 Å². The van der Waals surface area contributed by atoms with Gasteiger partial charge in [0.1, 0.15) is 15.8 Å². The number of aromatic nitrogens is 1. The first-order valence-electron chi connectivity index (χ1n) is 6.27. The minimum absolute atomic E-state index is 0.0197. The standard InChI is InChI=1S/C15H7ClF3N3S/c16-8-3-1-7(2-4-8)10-5-9(15(17,18)19)12-13(21)11(6-20)23-14(12)22-10/h1-5H,21H2. The number of alkyl halides is 3. The van der Waals surface area contributed by atoms with E-state index < -0.39 is 11.7 Å². The number of thiophene rings is 1. The van der Waals surface area contributed by atoms with E-state index in [2.05, 4.69) is 4.98 Å². The van der Waals surface area contributed by atoms with Gasteiger partial charge in [0.2, 0.25) is 0 Å². The Labute approximate surface area is 137 Å². The SMILES string of the molecule is N#Cc1sc2nc(-c3ccc(Cl)cc3)cc(C(F)(F)F)c2c1N. The van der Waals surface area contributed by atoms with Crippen LogP contribution in [0.5, 0.6) is 0 Å². The molecule has 2 heterocycles. The molecule has 0 saturated carbocycles. The van der Waals surface area contributed by atoms with Crippen molar-refractivity contribution < 1.29 is 13.2 Å². The topological polar surface area (TPSA) is 62.7 Å². The second-order valence-corrected chi connectivity index (χ2v) is 6.13. The van der Waals surface area contributed by atoms with Crippen LogP contribution >= 0.6 is 22.9 Å². The summed E-state index contributed by atoms with van der Waals surface area (Å²) in [6.07, 6.45) is -4.61. The monoisotopic (exact) mass is 353 g/mol. The Morgan fingerprint density at radius 3 is 2.43 bits per heavy atom. The third kappa shape index (κ3) is 2.71. The van der Waals surface area contributed by atoms with Crippen molar-refractivity contribution in [3.63, 3.8) is 0 Å². The van der Waals surface area contributed by atoms with Crippen molar-refractivity contribution in [2.75, 3.05) is 5.73 Å². The molecule has 3 nitrogen and oxygen atoms in total. The maximum Gasteiger partial charge on any atom is 0.417 e. The highest BCUT2D eigenvalue weighted by atomic mass is 35.5. The van der Waals surface area contributed by atoms with Crippen molar-refractivity contribution in [3.8, 4) is 17.3 Å². The van der Waals surface area contributed by atoms with E-state index in [0.717, 1.165) is 17.4 Å². The Morgan fingerprint density at radius 2 is 1.87 bits per heavy atom. The van der Waals surface area contributed by atoms with Crippen LogP contribution in [0.4, 0.5) is 18.9 Å². The summed E-state index contributed by atoms with van der Waals surface area (Å²) in [7, 11) is 0. The molecular formula is C15H7ClF3N3S. The van der Waals surface area contributed by atoms with Crippen LogP contribution in [0.15, 0.2) is 30.3 Å². The molecule has 1 aromatic carbocycles. The lowest BCUT2D eigenvalue weighted by Crippen LogP contribution is -2.07. The summed E-state index contributed by atoms with van der Waals surface area (Å²) < 4.78 is 40.2. The van der Waals surface area contributed by atoms with Crippen LogP contribution < -0.4 is 5.73 Å². The van der Waals surface area contributed by atoms with E-state index in [1.807, 2.05) is 0 Å². The fourth-order valence-corrected chi connectivity index (χ4v) is 3.24. The lowest BCUT2D eigenvalue weighted by molar-refractivity contribution is -0.136. The minimum atomic E-state index is -4.61. The van der Waals surface area contributed by atoms with Gasteiger partial charge in [0.05, 0.1) is 16.9 Å². The molecule has 2 aromatic heterocycles. The zero-order valence-corrected chi connectivity index (χ0v) is 12.9. The molecule has 0 unspecified atom stereocenters. The number of pyridine rings is 1. The zero-order chi connectivity index (χ0) is 16.8. The van der Waals surface area contributed by atoms with Crippen molar-refractivity contribution in [2.24, 2.45) is 0 Å². The highest BCUT2D eigenvalue weighted by Crippen LogP contribution is 2.43. The molecule has 0 aliphatic heterocycles. The Balaban J connectivity index is 2.34. The second-order valence-electron chi connectivity index (χ2n) is 4.70. The van der Waals surface area contributed by atoms with Crippen LogP contribution in [0.25, 0.3) is 21.5 Å². The summed E-state index contributed by atoms with van der Waals surface area (Å²) >= 11 is 6.63. The van der Waals surface area contributed by atoms with Gasteiger partial charge in [-0.2, -0.15) is 18.4 Å². The van der Waals surface area contributed by atoms with Gasteiger partial charge in [0.15, 0.2) is 0 Å². The first-order chi connectivity index (χ1) is 10.8. The van der Waals surface area contributed by atoms with Gasteiger partial charge in [-0.15, -0.1) is 11.3 Å². The lowest BCUT2D eigenvalue weighted by atomic mass is 10.1. The quantitative estimate of drug-likeness (QED) is 0.662. The van der Waals surface area contributed by atoms with E-state index >= 15 is 0 Å². The number of fused-ring (bicyclic) bond motifs is 1. The highest BCUT2D eigenvalue weighted by molar-refractivity contribution is 7.19. The predicted molar refractivity (Wildman–Crippen MR) is 84.2 cm³/mol. The molecule has 0 fully saturated rings. The van der Waals surface area contributed by atoms with Crippen molar-refractivity contribution in [2.45, 2.75) is 6.18 Å². The van der Waals surface area contributed by atoms with Crippen LogP contribution in [-0.4, -0.2) is 4.98 Å². The second kappa shape index (κ2) is 5.41. The summed E-state index contributed by atoms with van der Waals surface area (Å²) in [6, 6.07) is 9.04. The molecule has 23 heavy (non-hydrogen) atoms. The molecule has 0 bridgehead atoms. The first-order valence-corrected chi connectivity index (χ1v) is 7.47. The number of benzene rings is 1. The number of hydrogen-bond donors (Lipinski definition) is 1. The molecule has 0 amide bonds. The average Bonchev–Trinajstić information content (AvgIpc) is 2.82. The van der Waals surface area contributed by atoms with Gasteiger partial charge in [0, 0.05) is 16.0 Å². The van der Waals surface area contributed by atoms with Crippen molar-refractivity contribution in [1.29, 1.82) is 5.26 Å². The number of nitriles is 1. The van der Waals surface area contributed by atoms with E-state index in [4.69, 9.17) is 22.6 Å². The van der Waals surface area contributed by atoms with Gasteiger partial charge in [0.25, 0.3) is 0 Å². The van der Waals surface area contributed by atoms with E-state index in [1.165, 1.54) is 0 Å². The fourth-order valence-electron chi connectivity index (χ4n) is 2.20. The number of rotatable bonds is 1. The van der Waals surface area contributed by atoms with Gasteiger partial charge >= 0.3 is 6.18 Å². The van der Waals surface area contributed by atoms with Crippen LogP contribution in [0, 0.1) is 11.3 Å². The molecule has 3 rings (SSSR count). The molecule has 0 radical (unpaired) electrons. The van der Waals surface area contributed by atoms with Gasteiger partial charge in [-0.25, -0.2) is 4.98 Å². The number of nitrogens with two attached hydrogens (primary N) is 1. The number of nitrogens with zero attached hydrogens (tertiary/aromatic N) is 2. The Bertz CT molecular complexity index is 940. The lowest BCUT2D eigenvalue weighted by Gasteiger charge is -2.11. The molecule has 2 N–H and O–H groups in total. The normalized spacial score (nSPS) is 11.6. The van der Waals surface area contributed by atoms with Gasteiger partial charge in [-0.3, -0.25) is 0 Å². The van der Waals surface area contributed by atoms with Crippen molar-refractivity contribution >= 4 is 38.8 Å². The third-order valence-electron chi connectivity index (χ3n) is 3.25. The van der Waals surface area contributed by atoms with E-state index in [9.17, 15) is 13.2 Å². The molecule has 0 atom stereocenters. The smallest absolute Gasteiger partial charge is 0.396 e. The maximum absolute atomic E-state index is 13.4. The third-order valence-corrected chi connectivity index (χ3v) is 4.50. The molecule has 0 saturated heterocycles. The van der Waals surface area contributed by atoms with Crippen LogP contribution in [0.1, 0.15) is 10.4 Å². The molecule has 3 aromatic rings. The summed E-state index contributed by atoms with van der Waals surface area (Å²) in [4.78, 5) is 4.32. The summed E-state index contributed by atoms with van der Waals surface area (Å²) in [5, 5.41) is 9.23. The van der Waals surface area contributed by atoms with Gasteiger partial charge in [-0.05, 0) is 18.2 Å². The molecule has 0 aliphatic carbocycles. The zero-order valence-electron chi connectivity index (χ0n) is 11.3. The van der Waals surface area contributed by atoms with Gasteiger partial charge < -0.3 is 5.73 Å². The van der Waals surface area contributed by atoms with E-state index in [-0.39, 0.29) is 26.5 Å². The Hall–Kier alpha value is -2.30. The largest absolute Gasteiger partial charge is 0.417 e. The Morgan fingerprint density at radius 1 is 1.22 bits per heavy atom. The predicted octanol–water partition coefficient (Wildman–Crippen LogP) is 5.09. The number of halogens is 4. The van der Waals surface area contributed by atoms with Crippen molar-refractivity contribution in [1.82, 2.24) is 4.98 Å². The minimum Gasteiger partial charge on any atom is -0.396 e. The van der Waals surface area contributed by atoms with Gasteiger partial charge in [-0.1, -0.05) is 23.7 Å². The van der Waals surface area contributed by atoms with E-state index in [0.29, 0.717) is 10.6 Å². The molecule has 8 heteroatoms. The van der Waals surface area contributed by atoms with Crippen molar-refractivity contribution in [3.05, 3.63) is 45.8 Å². The summed E-state index contributed by atoms with van der Waals surface area (Å²) in [5.74, 6) is 0. The van der Waals surface area contributed by atoms with Crippen LogP contribution in [0.2, 0.25) is 5.02 Å². The highest BCUT2D eigenvalue weighted by Gasteiger charge is 2.35. The first kappa shape index (κ1) is 15.6. The molecular weight excluding hydrogens is 347 g/mol.